The highest BCUT2D eigenvalue weighted by Gasteiger charge is 1.99. The Morgan fingerprint density at radius 2 is 1.50 bits per heavy atom. The molecule has 0 unspecified atom stereocenters. The first-order valence-corrected chi connectivity index (χ1v) is 7.82. The minimum absolute atomic E-state index is 0.106. The molecule has 118 valence electrons. The summed E-state index contributed by atoms with van der Waals surface area (Å²) in [7, 11) is 0. The average molecular weight is 299 g/mol. The molecule has 0 aliphatic rings. The normalized spacial score (nSPS) is 10.9. The van der Waals surface area contributed by atoms with E-state index in [9.17, 15) is 0 Å². The van der Waals surface area contributed by atoms with E-state index >= 15 is 0 Å². The van der Waals surface area contributed by atoms with Crippen molar-refractivity contribution in [1.29, 1.82) is 0 Å². The van der Waals surface area contributed by atoms with Crippen LogP contribution in [0.15, 0.2) is 48.5 Å². The van der Waals surface area contributed by atoms with Gasteiger partial charge in [0.1, 0.15) is 5.75 Å². The van der Waals surface area contributed by atoms with Crippen LogP contribution in [-0.4, -0.2) is 17.8 Å². The summed E-state index contributed by atoms with van der Waals surface area (Å²) in [6.07, 6.45) is 1.20. The fourth-order valence-corrected chi connectivity index (χ4v) is 2.23. The number of aliphatic hydroxyl groups is 1. The molecule has 3 heteroatoms. The van der Waals surface area contributed by atoms with E-state index in [1.54, 1.807) is 0 Å². The number of nitrogens with one attached hydrogen (secondary N) is 1. The zero-order chi connectivity index (χ0) is 15.8. The van der Waals surface area contributed by atoms with Gasteiger partial charge in [-0.25, -0.2) is 0 Å². The molecule has 0 saturated heterocycles. The van der Waals surface area contributed by atoms with Crippen LogP contribution in [0.2, 0.25) is 0 Å². The predicted octanol–water partition coefficient (Wildman–Crippen LogP) is 3.30. The van der Waals surface area contributed by atoms with Gasteiger partial charge in [-0.1, -0.05) is 36.4 Å². The summed E-state index contributed by atoms with van der Waals surface area (Å²) in [5, 5.41) is 12.5. The fraction of sp³-hybridized carbons (Fsp3) is 0.368. The van der Waals surface area contributed by atoms with Crippen LogP contribution in [0.3, 0.4) is 0 Å². The molecular formula is C19H25NO2. The van der Waals surface area contributed by atoms with Crippen LogP contribution in [0.5, 0.6) is 5.75 Å². The maximum atomic E-state index is 9.02. The number of benzene rings is 2. The molecular weight excluding hydrogens is 274 g/mol. The van der Waals surface area contributed by atoms with E-state index in [-0.39, 0.29) is 12.7 Å². The standard InChI is InChI=1S/C19H25NO2/c1-15(2)22-19-9-7-17(8-10-19)13-20-12-11-16-3-5-18(14-21)6-4-16/h3-10,15,20-21H,11-14H2,1-2H3. The van der Waals surface area contributed by atoms with Crippen molar-refractivity contribution in [3.8, 4) is 5.75 Å². The molecule has 3 nitrogen and oxygen atoms in total. The Morgan fingerprint density at radius 1 is 0.909 bits per heavy atom. The van der Waals surface area contributed by atoms with Crippen LogP contribution in [-0.2, 0) is 19.6 Å². The summed E-state index contributed by atoms with van der Waals surface area (Å²) in [5.74, 6) is 0.919. The summed E-state index contributed by atoms with van der Waals surface area (Å²) >= 11 is 0. The lowest BCUT2D eigenvalue weighted by Gasteiger charge is -2.10. The van der Waals surface area contributed by atoms with E-state index in [1.165, 1.54) is 11.1 Å². The number of ether oxygens (including phenoxy) is 1. The second kappa shape index (κ2) is 8.57. The third kappa shape index (κ3) is 5.51. The van der Waals surface area contributed by atoms with E-state index in [0.717, 1.165) is 30.8 Å². The van der Waals surface area contributed by atoms with Gasteiger partial charge in [-0.05, 0) is 55.6 Å². The average Bonchev–Trinajstić information content (AvgIpc) is 2.53. The molecule has 0 atom stereocenters. The third-order valence-corrected chi connectivity index (χ3v) is 3.42. The molecule has 0 fully saturated rings. The van der Waals surface area contributed by atoms with Gasteiger partial charge in [0.05, 0.1) is 12.7 Å². The topological polar surface area (TPSA) is 41.5 Å². The molecule has 22 heavy (non-hydrogen) atoms. The van der Waals surface area contributed by atoms with Gasteiger partial charge >= 0.3 is 0 Å². The largest absolute Gasteiger partial charge is 0.491 e. The smallest absolute Gasteiger partial charge is 0.119 e. The van der Waals surface area contributed by atoms with Crippen molar-refractivity contribution in [2.75, 3.05) is 6.54 Å². The van der Waals surface area contributed by atoms with Gasteiger partial charge in [-0.15, -0.1) is 0 Å². The lowest BCUT2D eigenvalue weighted by atomic mass is 10.1. The van der Waals surface area contributed by atoms with Crippen LogP contribution in [0, 0.1) is 0 Å². The van der Waals surface area contributed by atoms with Gasteiger partial charge in [0, 0.05) is 6.54 Å². The monoisotopic (exact) mass is 299 g/mol. The Morgan fingerprint density at radius 3 is 2.09 bits per heavy atom. The molecule has 2 aromatic rings. The summed E-state index contributed by atoms with van der Waals surface area (Å²) in [6, 6.07) is 16.3. The van der Waals surface area contributed by atoms with E-state index < -0.39 is 0 Å². The molecule has 0 saturated carbocycles. The molecule has 0 aliphatic carbocycles. The Balaban J connectivity index is 1.71. The lowest BCUT2D eigenvalue weighted by molar-refractivity contribution is 0.242. The summed E-state index contributed by atoms with van der Waals surface area (Å²) in [5.41, 5.74) is 3.50. The molecule has 0 spiro atoms. The van der Waals surface area contributed by atoms with E-state index in [1.807, 2.05) is 38.1 Å². The van der Waals surface area contributed by atoms with Crippen molar-refractivity contribution in [1.82, 2.24) is 5.32 Å². The maximum Gasteiger partial charge on any atom is 0.119 e. The van der Waals surface area contributed by atoms with Gasteiger partial charge in [0.25, 0.3) is 0 Å². The molecule has 0 aliphatic heterocycles. The summed E-state index contributed by atoms with van der Waals surface area (Å²) < 4.78 is 5.63. The van der Waals surface area contributed by atoms with Crippen LogP contribution in [0.25, 0.3) is 0 Å². The Kier molecular flexibility index (Phi) is 6.44. The van der Waals surface area contributed by atoms with Crippen LogP contribution < -0.4 is 10.1 Å². The molecule has 2 rings (SSSR count). The van der Waals surface area contributed by atoms with Gasteiger partial charge in [-0.2, -0.15) is 0 Å². The highest BCUT2D eigenvalue weighted by atomic mass is 16.5. The fourth-order valence-electron chi connectivity index (χ4n) is 2.23. The van der Waals surface area contributed by atoms with Gasteiger partial charge < -0.3 is 15.2 Å². The van der Waals surface area contributed by atoms with E-state index in [0.29, 0.717) is 0 Å². The van der Waals surface area contributed by atoms with Crippen LogP contribution in [0.4, 0.5) is 0 Å². The molecule has 0 bridgehead atoms. The highest BCUT2D eigenvalue weighted by Crippen LogP contribution is 2.13. The van der Waals surface area contributed by atoms with Crippen molar-refractivity contribution in [3.63, 3.8) is 0 Å². The van der Waals surface area contributed by atoms with Crippen molar-refractivity contribution in [2.45, 2.75) is 39.5 Å². The zero-order valence-corrected chi connectivity index (χ0v) is 13.4. The minimum Gasteiger partial charge on any atom is -0.491 e. The summed E-state index contributed by atoms with van der Waals surface area (Å²) in [6.45, 7) is 5.96. The Bertz CT molecular complexity index is 547. The third-order valence-electron chi connectivity index (χ3n) is 3.42. The second-order valence-corrected chi connectivity index (χ2v) is 5.71. The zero-order valence-electron chi connectivity index (χ0n) is 13.4. The van der Waals surface area contributed by atoms with Crippen molar-refractivity contribution in [3.05, 3.63) is 65.2 Å². The Hall–Kier alpha value is -1.84. The molecule has 2 N–H and O–H groups in total. The highest BCUT2D eigenvalue weighted by molar-refractivity contribution is 5.27. The first-order chi connectivity index (χ1) is 10.7. The summed E-state index contributed by atoms with van der Waals surface area (Å²) in [4.78, 5) is 0. The number of hydrogen-bond donors (Lipinski definition) is 2. The van der Waals surface area contributed by atoms with Crippen LogP contribution >= 0.6 is 0 Å². The minimum atomic E-state index is 0.106. The van der Waals surface area contributed by atoms with E-state index in [4.69, 9.17) is 9.84 Å². The Labute approximate surface area is 133 Å². The van der Waals surface area contributed by atoms with Gasteiger partial charge in [0.2, 0.25) is 0 Å². The van der Waals surface area contributed by atoms with Gasteiger partial charge in [0.15, 0.2) is 0 Å². The predicted molar refractivity (Wildman–Crippen MR) is 90.0 cm³/mol. The number of hydrogen-bond acceptors (Lipinski definition) is 3. The number of aliphatic hydroxyl groups excluding tert-OH is 1. The molecule has 0 heterocycles. The van der Waals surface area contributed by atoms with Crippen LogP contribution in [0.1, 0.15) is 30.5 Å². The van der Waals surface area contributed by atoms with Crippen molar-refractivity contribution >= 4 is 0 Å². The first kappa shape index (κ1) is 16.5. The molecule has 0 aromatic heterocycles. The van der Waals surface area contributed by atoms with Crippen molar-refractivity contribution < 1.29 is 9.84 Å². The SMILES string of the molecule is CC(C)Oc1ccc(CNCCc2ccc(CO)cc2)cc1. The lowest BCUT2D eigenvalue weighted by Crippen LogP contribution is -2.16. The van der Waals surface area contributed by atoms with E-state index in [2.05, 4.69) is 29.6 Å². The van der Waals surface area contributed by atoms with Gasteiger partial charge in [-0.3, -0.25) is 0 Å². The molecule has 0 amide bonds. The number of rotatable bonds is 8. The first-order valence-electron chi connectivity index (χ1n) is 7.82. The maximum absolute atomic E-state index is 9.02. The second-order valence-electron chi connectivity index (χ2n) is 5.71. The quantitative estimate of drug-likeness (QED) is 0.735. The van der Waals surface area contributed by atoms with Crippen molar-refractivity contribution in [2.24, 2.45) is 0 Å². The molecule has 2 aromatic carbocycles. The molecule has 0 radical (unpaired) electrons.